The van der Waals surface area contributed by atoms with E-state index in [2.05, 4.69) is 24.0 Å². The number of thiazole rings is 1. The molecule has 0 aliphatic rings. The van der Waals surface area contributed by atoms with Crippen molar-refractivity contribution in [1.82, 2.24) is 4.98 Å². The lowest BCUT2D eigenvalue weighted by atomic mass is 10.4. The fourth-order valence-corrected chi connectivity index (χ4v) is 3.37. The molecule has 0 bridgehead atoms. The third-order valence-corrected chi connectivity index (χ3v) is 4.46. The van der Waals surface area contributed by atoms with Gasteiger partial charge in [0.1, 0.15) is 10.5 Å². The Labute approximate surface area is 100 Å². The van der Waals surface area contributed by atoms with E-state index in [1.807, 2.05) is 6.07 Å². The molecular weight excluding hydrogens is 240 g/mol. The molecule has 0 aliphatic heterocycles. The van der Waals surface area contributed by atoms with Crippen molar-refractivity contribution in [3.63, 3.8) is 0 Å². The second-order valence-electron chi connectivity index (χ2n) is 3.48. The topological polar surface area (TPSA) is 39.8 Å². The summed E-state index contributed by atoms with van der Waals surface area (Å²) in [6.45, 7) is 2.08. The molecule has 0 N–H and O–H groups in total. The Kier molecular flexibility index (Phi) is 2.15. The SMILES string of the molecule is Cc1ccc(-c2nc3c[n+]([O-])ccc3s2)s1. The second-order valence-corrected chi connectivity index (χ2v) is 5.80. The highest BCUT2D eigenvalue weighted by Crippen LogP contribution is 2.33. The van der Waals surface area contributed by atoms with Gasteiger partial charge in [0.05, 0.1) is 9.58 Å². The quantitative estimate of drug-likeness (QED) is 0.490. The fraction of sp³-hybridized carbons (Fsp3) is 0.0909. The maximum Gasteiger partial charge on any atom is 0.207 e. The van der Waals surface area contributed by atoms with E-state index in [0.717, 1.165) is 24.8 Å². The predicted molar refractivity (Wildman–Crippen MR) is 66.6 cm³/mol. The summed E-state index contributed by atoms with van der Waals surface area (Å²) >= 11 is 3.34. The standard InChI is InChI=1S/C11H8N2OS2/c1-7-2-3-10(15-7)11-12-8-6-13(14)5-4-9(8)16-11/h2-6H,1H3. The zero-order chi connectivity index (χ0) is 11.1. The Morgan fingerprint density at radius 3 is 2.88 bits per heavy atom. The van der Waals surface area contributed by atoms with E-state index in [0.29, 0.717) is 0 Å². The molecule has 3 nitrogen and oxygen atoms in total. The van der Waals surface area contributed by atoms with Crippen LogP contribution in [0.4, 0.5) is 0 Å². The van der Waals surface area contributed by atoms with Gasteiger partial charge >= 0.3 is 0 Å². The van der Waals surface area contributed by atoms with Gasteiger partial charge in [-0.1, -0.05) is 0 Å². The summed E-state index contributed by atoms with van der Waals surface area (Å²) in [6, 6.07) is 5.97. The molecule has 3 heterocycles. The van der Waals surface area contributed by atoms with Crippen LogP contribution in [0.25, 0.3) is 20.1 Å². The molecule has 0 amide bonds. The van der Waals surface area contributed by atoms with Crippen LogP contribution in [0.2, 0.25) is 0 Å². The Hall–Kier alpha value is -1.46. The maximum absolute atomic E-state index is 11.1. The third kappa shape index (κ3) is 1.58. The van der Waals surface area contributed by atoms with Gasteiger partial charge in [0, 0.05) is 10.9 Å². The van der Waals surface area contributed by atoms with Gasteiger partial charge in [0.2, 0.25) is 6.20 Å². The molecule has 3 rings (SSSR count). The Morgan fingerprint density at radius 1 is 1.25 bits per heavy atom. The number of fused-ring (bicyclic) bond motifs is 1. The van der Waals surface area contributed by atoms with Crippen molar-refractivity contribution in [2.75, 3.05) is 0 Å². The lowest BCUT2D eigenvalue weighted by Crippen LogP contribution is -2.23. The van der Waals surface area contributed by atoms with Gasteiger partial charge in [-0.15, -0.1) is 22.7 Å². The summed E-state index contributed by atoms with van der Waals surface area (Å²) in [4.78, 5) is 6.90. The van der Waals surface area contributed by atoms with Crippen molar-refractivity contribution in [1.29, 1.82) is 0 Å². The Morgan fingerprint density at radius 2 is 2.12 bits per heavy atom. The van der Waals surface area contributed by atoms with Crippen LogP contribution in [0.15, 0.2) is 30.6 Å². The van der Waals surface area contributed by atoms with E-state index in [4.69, 9.17) is 0 Å². The summed E-state index contributed by atoms with van der Waals surface area (Å²) < 4.78 is 1.83. The number of hydrogen-bond donors (Lipinski definition) is 0. The Bertz CT molecular complexity index is 657. The van der Waals surface area contributed by atoms with Crippen molar-refractivity contribution >= 4 is 32.9 Å². The number of pyridine rings is 1. The van der Waals surface area contributed by atoms with E-state index >= 15 is 0 Å². The first-order valence-corrected chi connectivity index (χ1v) is 6.42. The average Bonchev–Trinajstić information content (AvgIpc) is 2.83. The van der Waals surface area contributed by atoms with Crippen molar-refractivity contribution < 1.29 is 4.73 Å². The van der Waals surface area contributed by atoms with E-state index in [9.17, 15) is 5.21 Å². The molecule has 0 unspecified atom stereocenters. The molecule has 0 spiro atoms. The van der Waals surface area contributed by atoms with Crippen molar-refractivity contribution in [2.45, 2.75) is 6.92 Å². The molecule has 3 aromatic heterocycles. The predicted octanol–water partition coefficient (Wildman–Crippen LogP) is 2.97. The van der Waals surface area contributed by atoms with Crippen LogP contribution in [-0.2, 0) is 0 Å². The lowest BCUT2D eigenvalue weighted by molar-refractivity contribution is -0.603. The van der Waals surface area contributed by atoms with Crippen LogP contribution in [0.1, 0.15) is 4.88 Å². The summed E-state index contributed by atoms with van der Waals surface area (Å²) in [5, 5.41) is 12.1. The summed E-state index contributed by atoms with van der Waals surface area (Å²) in [5.74, 6) is 0. The highest BCUT2D eigenvalue weighted by Gasteiger charge is 2.09. The molecular formula is C11H8N2OS2. The summed E-state index contributed by atoms with van der Waals surface area (Å²) in [6.07, 6.45) is 3.01. The van der Waals surface area contributed by atoms with Crippen LogP contribution in [0, 0.1) is 12.1 Å². The van der Waals surface area contributed by atoms with Crippen LogP contribution in [0.3, 0.4) is 0 Å². The number of hydrogen-bond acceptors (Lipinski definition) is 4. The molecule has 0 radical (unpaired) electrons. The number of rotatable bonds is 1. The molecule has 0 saturated heterocycles. The zero-order valence-corrected chi connectivity index (χ0v) is 10.1. The van der Waals surface area contributed by atoms with Crippen LogP contribution >= 0.6 is 22.7 Å². The van der Waals surface area contributed by atoms with Gasteiger partial charge in [0.15, 0.2) is 6.20 Å². The molecule has 0 aliphatic carbocycles. The normalized spacial score (nSPS) is 11.1. The number of nitrogens with zero attached hydrogens (tertiary/aromatic N) is 2. The van der Waals surface area contributed by atoms with Crippen molar-refractivity contribution in [3.05, 3.63) is 40.7 Å². The largest absolute Gasteiger partial charge is 0.619 e. The Balaban J connectivity index is 2.18. The van der Waals surface area contributed by atoms with Crippen molar-refractivity contribution in [2.24, 2.45) is 0 Å². The smallest absolute Gasteiger partial charge is 0.207 e. The van der Waals surface area contributed by atoms with E-state index in [1.165, 1.54) is 17.3 Å². The molecule has 80 valence electrons. The van der Waals surface area contributed by atoms with Gasteiger partial charge in [-0.05, 0) is 19.1 Å². The molecule has 16 heavy (non-hydrogen) atoms. The van der Waals surface area contributed by atoms with Gasteiger partial charge in [-0.25, -0.2) is 4.98 Å². The number of aryl methyl sites for hydroxylation is 1. The highest BCUT2D eigenvalue weighted by atomic mass is 32.1. The number of thiophene rings is 1. The van der Waals surface area contributed by atoms with Gasteiger partial charge in [0.25, 0.3) is 0 Å². The van der Waals surface area contributed by atoms with Gasteiger partial charge in [-0.3, -0.25) is 0 Å². The minimum Gasteiger partial charge on any atom is -0.619 e. The molecule has 0 saturated carbocycles. The minimum absolute atomic E-state index is 0.767. The second kappa shape index (κ2) is 3.54. The third-order valence-electron chi connectivity index (χ3n) is 2.25. The highest BCUT2D eigenvalue weighted by molar-refractivity contribution is 7.25. The van der Waals surface area contributed by atoms with Crippen LogP contribution in [-0.4, -0.2) is 4.98 Å². The summed E-state index contributed by atoms with van der Waals surface area (Å²) in [5.41, 5.74) is 0.767. The average molecular weight is 248 g/mol. The minimum atomic E-state index is 0.767. The summed E-state index contributed by atoms with van der Waals surface area (Å²) in [7, 11) is 0. The van der Waals surface area contributed by atoms with E-state index < -0.39 is 0 Å². The first-order chi connectivity index (χ1) is 7.72. The fourth-order valence-electron chi connectivity index (χ4n) is 1.52. The first-order valence-electron chi connectivity index (χ1n) is 4.78. The lowest BCUT2D eigenvalue weighted by Gasteiger charge is -1.91. The van der Waals surface area contributed by atoms with Gasteiger partial charge in [-0.2, -0.15) is 4.73 Å². The maximum atomic E-state index is 11.1. The first kappa shape index (κ1) is 9.74. The molecule has 3 aromatic rings. The monoisotopic (exact) mass is 248 g/mol. The van der Waals surface area contributed by atoms with E-state index in [-0.39, 0.29) is 0 Å². The van der Waals surface area contributed by atoms with Crippen LogP contribution < -0.4 is 4.73 Å². The number of aromatic nitrogens is 2. The molecule has 5 heteroatoms. The van der Waals surface area contributed by atoms with Gasteiger partial charge < -0.3 is 5.21 Å². The molecule has 0 aromatic carbocycles. The molecule has 0 fully saturated rings. The van der Waals surface area contributed by atoms with E-state index in [1.54, 1.807) is 22.7 Å². The zero-order valence-electron chi connectivity index (χ0n) is 8.51. The van der Waals surface area contributed by atoms with Crippen molar-refractivity contribution in [3.8, 4) is 9.88 Å². The van der Waals surface area contributed by atoms with Crippen LogP contribution in [0.5, 0.6) is 0 Å². The molecule has 0 atom stereocenters.